The smallest absolute Gasteiger partial charge is 0.410 e. The van der Waals surface area contributed by atoms with Gasteiger partial charge in [-0.1, -0.05) is 30.3 Å². The van der Waals surface area contributed by atoms with Crippen molar-refractivity contribution < 1.29 is 19.0 Å². The van der Waals surface area contributed by atoms with Crippen molar-refractivity contribution in [1.29, 1.82) is 0 Å². The van der Waals surface area contributed by atoms with E-state index >= 15 is 0 Å². The van der Waals surface area contributed by atoms with E-state index in [4.69, 9.17) is 19.9 Å². The van der Waals surface area contributed by atoms with Crippen LogP contribution >= 0.6 is 24.0 Å². The maximum atomic E-state index is 12.1. The second kappa shape index (κ2) is 14.5. The van der Waals surface area contributed by atoms with Crippen LogP contribution in [0.3, 0.4) is 0 Å². The summed E-state index contributed by atoms with van der Waals surface area (Å²) in [7, 11) is 0. The van der Waals surface area contributed by atoms with Gasteiger partial charge in [0.1, 0.15) is 5.60 Å². The van der Waals surface area contributed by atoms with E-state index in [-0.39, 0.29) is 30.1 Å². The number of piperazine rings is 1. The highest BCUT2D eigenvalue weighted by atomic mass is 127. The largest absolute Gasteiger partial charge is 0.444 e. The number of benzene rings is 1. The summed E-state index contributed by atoms with van der Waals surface area (Å²) in [6.45, 7) is 11.1. The maximum absolute atomic E-state index is 12.1. The molecule has 176 valence electrons. The predicted molar refractivity (Wildman–Crippen MR) is 133 cm³/mol. The molecular formula is C22H37IN4O4. The number of carbonyl (C=O) groups excluding carboxylic acids is 1. The van der Waals surface area contributed by atoms with Gasteiger partial charge < -0.3 is 29.7 Å². The van der Waals surface area contributed by atoms with Crippen LogP contribution in [0.4, 0.5) is 4.79 Å². The van der Waals surface area contributed by atoms with Crippen molar-refractivity contribution in [3.63, 3.8) is 0 Å². The van der Waals surface area contributed by atoms with Crippen LogP contribution in [0.15, 0.2) is 35.3 Å². The molecule has 1 aromatic carbocycles. The molecule has 0 bridgehead atoms. The summed E-state index contributed by atoms with van der Waals surface area (Å²) >= 11 is 0. The van der Waals surface area contributed by atoms with Gasteiger partial charge in [0, 0.05) is 39.3 Å². The lowest BCUT2D eigenvalue weighted by Gasteiger charge is -2.36. The number of carbonyl (C=O) groups is 1. The first kappa shape index (κ1) is 27.4. The topological polar surface area (TPSA) is 89.6 Å². The molecule has 0 saturated carbocycles. The number of hydrogen-bond acceptors (Lipinski definition) is 5. The molecule has 2 N–H and O–H groups in total. The Morgan fingerprint density at radius 1 is 1.00 bits per heavy atom. The van der Waals surface area contributed by atoms with Crippen molar-refractivity contribution >= 4 is 36.0 Å². The standard InChI is InChI=1S/C22H36N4O4.HI/c1-22(2,3)30-21(27)26-13-11-25(12-14-26)20(23)24-10-7-15-28-16-17-29-18-19-8-5-4-6-9-19;/h4-6,8-9H,7,10-18H2,1-3H3,(H2,23,24);1H. The zero-order chi connectivity index (χ0) is 21.8. The van der Waals surface area contributed by atoms with E-state index in [1.165, 1.54) is 0 Å². The van der Waals surface area contributed by atoms with Crippen molar-refractivity contribution in [2.45, 2.75) is 39.4 Å². The summed E-state index contributed by atoms with van der Waals surface area (Å²) in [5, 5.41) is 0. The van der Waals surface area contributed by atoms with Gasteiger partial charge in [0.25, 0.3) is 0 Å². The quantitative estimate of drug-likeness (QED) is 0.221. The molecule has 9 heteroatoms. The lowest BCUT2D eigenvalue weighted by atomic mass is 10.2. The molecule has 8 nitrogen and oxygen atoms in total. The fraction of sp³-hybridized carbons (Fsp3) is 0.636. The van der Waals surface area contributed by atoms with Crippen LogP contribution in [-0.2, 0) is 20.8 Å². The number of halogens is 1. The number of ether oxygens (including phenoxy) is 3. The fourth-order valence-corrected chi connectivity index (χ4v) is 2.89. The van der Waals surface area contributed by atoms with Crippen molar-refractivity contribution in [1.82, 2.24) is 9.80 Å². The predicted octanol–water partition coefficient (Wildman–Crippen LogP) is 3.10. The highest BCUT2D eigenvalue weighted by molar-refractivity contribution is 14.0. The molecule has 1 aliphatic heterocycles. The molecule has 0 radical (unpaired) electrons. The second-order valence-electron chi connectivity index (χ2n) is 8.20. The summed E-state index contributed by atoms with van der Waals surface area (Å²) in [6.07, 6.45) is 0.527. The summed E-state index contributed by atoms with van der Waals surface area (Å²) < 4.78 is 16.6. The van der Waals surface area contributed by atoms with Gasteiger partial charge >= 0.3 is 6.09 Å². The first-order valence-electron chi connectivity index (χ1n) is 10.6. The minimum absolute atomic E-state index is 0. The number of rotatable bonds is 9. The van der Waals surface area contributed by atoms with Crippen LogP contribution in [0, 0.1) is 0 Å². The van der Waals surface area contributed by atoms with Crippen molar-refractivity contribution in [3.05, 3.63) is 35.9 Å². The fourth-order valence-electron chi connectivity index (χ4n) is 2.89. The van der Waals surface area contributed by atoms with Crippen LogP contribution in [0.1, 0.15) is 32.8 Å². The minimum atomic E-state index is -0.481. The van der Waals surface area contributed by atoms with Gasteiger partial charge in [0.15, 0.2) is 5.96 Å². The van der Waals surface area contributed by atoms with Crippen molar-refractivity contribution in [2.24, 2.45) is 10.7 Å². The van der Waals surface area contributed by atoms with Gasteiger partial charge in [-0.3, -0.25) is 4.99 Å². The van der Waals surface area contributed by atoms with Gasteiger partial charge in [-0.05, 0) is 32.8 Å². The molecule has 0 spiro atoms. The molecular weight excluding hydrogens is 511 g/mol. The Bertz CT molecular complexity index is 659. The van der Waals surface area contributed by atoms with Gasteiger partial charge in [-0.25, -0.2) is 4.79 Å². The summed E-state index contributed by atoms with van der Waals surface area (Å²) in [6, 6.07) is 10.1. The van der Waals surface area contributed by atoms with E-state index in [1.807, 2.05) is 56.0 Å². The van der Waals surface area contributed by atoms with E-state index in [9.17, 15) is 4.79 Å². The first-order valence-corrected chi connectivity index (χ1v) is 10.6. The molecule has 0 unspecified atom stereocenters. The monoisotopic (exact) mass is 548 g/mol. The number of amides is 1. The van der Waals surface area contributed by atoms with E-state index in [0.717, 1.165) is 12.0 Å². The Hall–Kier alpha value is -1.59. The van der Waals surface area contributed by atoms with E-state index in [0.29, 0.717) is 65.1 Å². The third kappa shape index (κ3) is 11.6. The molecule has 1 saturated heterocycles. The Balaban J connectivity index is 0.00000480. The van der Waals surface area contributed by atoms with Crippen LogP contribution in [0.25, 0.3) is 0 Å². The third-order valence-electron chi connectivity index (χ3n) is 4.46. The lowest BCUT2D eigenvalue weighted by molar-refractivity contribution is 0.0186. The van der Waals surface area contributed by atoms with Gasteiger partial charge in [0.05, 0.1) is 19.8 Å². The lowest BCUT2D eigenvalue weighted by Crippen LogP contribution is -2.53. The van der Waals surface area contributed by atoms with E-state index in [2.05, 4.69) is 4.99 Å². The molecule has 1 aromatic rings. The molecule has 2 rings (SSSR count). The van der Waals surface area contributed by atoms with Crippen LogP contribution in [-0.4, -0.2) is 80.0 Å². The second-order valence-corrected chi connectivity index (χ2v) is 8.20. The molecule has 1 fully saturated rings. The third-order valence-corrected chi connectivity index (χ3v) is 4.46. The summed E-state index contributed by atoms with van der Waals surface area (Å²) in [4.78, 5) is 20.2. The van der Waals surface area contributed by atoms with E-state index < -0.39 is 5.60 Å². The zero-order valence-corrected chi connectivity index (χ0v) is 21.2. The highest BCUT2D eigenvalue weighted by Gasteiger charge is 2.26. The molecule has 1 aliphatic rings. The normalized spacial score (nSPS) is 14.9. The summed E-state index contributed by atoms with van der Waals surface area (Å²) in [5.41, 5.74) is 6.77. The van der Waals surface area contributed by atoms with Gasteiger partial charge in [-0.2, -0.15) is 0 Å². The Morgan fingerprint density at radius 3 is 2.26 bits per heavy atom. The molecule has 0 atom stereocenters. The summed E-state index contributed by atoms with van der Waals surface area (Å²) in [5.74, 6) is 0.519. The zero-order valence-electron chi connectivity index (χ0n) is 18.9. The number of hydrogen-bond donors (Lipinski definition) is 1. The Kier molecular flexibility index (Phi) is 12.8. The first-order chi connectivity index (χ1) is 14.3. The van der Waals surface area contributed by atoms with Crippen molar-refractivity contribution in [2.75, 3.05) is 52.5 Å². The number of guanidine groups is 1. The molecule has 1 amide bonds. The van der Waals surface area contributed by atoms with Crippen LogP contribution in [0.2, 0.25) is 0 Å². The molecule has 31 heavy (non-hydrogen) atoms. The molecule has 0 aromatic heterocycles. The average molecular weight is 548 g/mol. The molecule has 0 aliphatic carbocycles. The Morgan fingerprint density at radius 2 is 1.61 bits per heavy atom. The van der Waals surface area contributed by atoms with Gasteiger partial charge in [-0.15, -0.1) is 24.0 Å². The molecule has 1 heterocycles. The van der Waals surface area contributed by atoms with Gasteiger partial charge in [0.2, 0.25) is 0 Å². The number of aliphatic imine (C=N–C) groups is 1. The number of nitrogens with two attached hydrogens (primary N) is 1. The van der Waals surface area contributed by atoms with E-state index in [1.54, 1.807) is 4.90 Å². The Labute approximate surface area is 203 Å². The number of nitrogens with zero attached hydrogens (tertiary/aromatic N) is 3. The van der Waals surface area contributed by atoms with Crippen molar-refractivity contribution in [3.8, 4) is 0 Å². The van der Waals surface area contributed by atoms with Crippen LogP contribution in [0.5, 0.6) is 0 Å². The van der Waals surface area contributed by atoms with Crippen LogP contribution < -0.4 is 5.73 Å². The highest BCUT2D eigenvalue weighted by Crippen LogP contribution is 2.11. The SMILES string of the molecule is CC(C)(C)OC(=O)N1CCN(C(N)=NCCCOCCOCc2ccccc2)CC1.I. The maximum Gasteiger partial charge on any atom is 0.410 e. The average Bonchev–Trinajstić information content (AvgIpc) is 2.72. The minimum Gasteiger partial charge on any atom is -0.444 e.